The fourth-order valence-corrected chi connectivity index (χ4v) is 2.60. The third kappa shape index (κ3) is 4.57. The van der Waals surface area contributed by atoms with Crippen LogP contribution in [0.1, 0.15) is 25.5 Å². The largest absolute Gasteiger partial charge is 0.466 e. The fraction of sp³-hybridized carbons (Fsp3) is 0.316. The molecule has 0 aliphatic heterocycles. The highest BCUT2D eigenvalue weighted by Crippen LogP contribution is 2.30. The molecule has 4 heteroatoms. The third-order valence-electron chi connectivity index (χ3n) is 3.69. The van der Waals surface area contributed by atoms with Gasteiger partial charge in [0.15, 0.2) is 0 Å². The zero-order valence-electron chi connectivity index (χ0n) is 13.5. The van der Waals surface area contributed by atoms with E-state index in [0.29, 0.717) is 0 Å². The van der Waals surface area contributed by atoms with Crippen LogP contribution in [0.15, 0.2) is 60.7 Å². The van der Waals surface area contributed by atoms with Crippen molar-refractivity contribution in [2.45, 2.75) is 26.0 Å². The number of benzene rings is 2. The second-order valence-electron chi connectivity index (χ2n) is 5.42. The molecule has 3 atom stereocenters. The number of rotatable bonds is 7. The van der Waals surface area contributed by atoms with Gasteiger partial charge in [-0.15, -0.1) is 0 Å². The minimum atomic E-state index is -0.838. The van der Waals surface area contributed by atoms with E-state index in [2.05, 4.69) is 5.32 Å². The highest BCUT2D eigenvalue weighted by Gasteiger charge is 2.34. The van der Waals surface area contributed by atoms with Crippen molar-refractivity contribution in [3.05, 3.63) is 66.2 Å². The van der Waals surface area contributed by atoms with Crippen LogP contribution in [0.4, 0.5) is 5.69 Å². The average molecular weight is 313 g/mol. The molecule has 0 aromatic heterocycles. The van der Waals surface area contributed by atoms with Crippen molar-refractivity contribution in [1.82, 2.24) is 0 Å². The van der Waals surface area contributed by atoms with Gasteiger partial charge in [0.25, 0.3) is 0 Å². The van der Waals surface area contributed by atoms with E-state index in [-0.39, 0.29) is 12.6 Å². The van der Waals surface area contributed by atoms with Crippen LogP contribution in [0.2, 0.25) is 0 Å². The highest BCUT2D eigenvalue weighted by atomic mass is 16.5. The van der Waals surface area contributed by atoms with Gasteiger partial charge >= 0.3 is 5.97 Å². The van der Waals surface area contributed by atoms with Crippen molar-refractivity contribution < 1.29 is 14.6 Å². The van der Waals surface area contributed by atoms with Crippen molar-refractivity contribution in [1.29, 1.82) is 0 Å². The number of hydrogen-bond donors (Lipinski definition) is 2. The molecule has 0 saturated carbocycles. The summed E-state index contributed by atoms with van der Waals surface area (Å²) >= 11 is 0. The molecule has 0 amide bonds. The van der Waals surface area contributed by atoms with Gasteiger partial charge in [-0.3, -0.25) is 4.79 Å². The Labute approximate surface area is 137 Å². The number of esters is 1. The topological polar surface area (TPSA) is 58.6 Å². The second kappa shape index (κ2) is 8.34. The first-order valence-electron chi connectivity index (χ1n) is 7.84. The van der Waals surface area contributed by atoms with Gasteiger partial charge in [0.05, 0.1) is 18.8 Å². The minimum absolute atomic E-state index is 0.287. The first-order valence-corrected chi connectivity index (χ1v) is 7.84. The van der Waals surface area contributed by atoms with Gasteiger partial charge in [-0.2, -0.15) is 0 Å². The number of carbonyl (C=O) groups is 1. The summed E-state index contributed by atoms with van der Waals surface area (Å²) in [5.74, 6) is -1.10. The maximum absolute atomic E-state index is 12.4. The molecule has 3 unspecified atom stereocenters. The first-order chi connectivity index (χ1) is 11.1. The van der Waals surface area contributed by atoms with E-state index in [4.69, 9.17) is 4.74 Å². The first kappa shape index (κ1) is 17.0. The summed E-state index contributed by atoms with van der Waals surface area (Å²) < 4.78 is 5.17. The van der Waals surface area contributed by atoms with Crippen LogP contribution in [0.5, 0.6) is 0 Å². The van der Waals surface area contributed by atoms with Crippen LogP contribution in [0.25, 0.3) is 0 Å². The Morgan fingerprint density at radius 1 is 1.09 bits per heavy atom. The predicted octanol–water partition coefficient (Wildman–Crippen LogP) is 3.40. The van der Waals surface area contributed by atoms with Crippen molar-refractivity contribution in [2.75, 3.05) is 11.9 Å². The van der Waals surface area contributed by atoms with Crippen molar-refractivity contribution >= 4 is 11.7 Å². The Morgan fingerprint density at radius 3 is 2.17 bits per heavy atom. The van der Waals surface area contributed by atoms with E-state index in [1.807, 2.05) is 60.7 Å². The third-order valence-corrected chi connectivity index (χ3v) is 3.69. The molecular formula is C19H23NO3. The van der Waals surface area contributed by atoms with E-state index in [1.54, 1.807) is 13.8 Å². The number of aliphatic hydroxyl groups excluding tert-OH is 1. The highest BCUT2D eigenvalue weighted by molar-refractivity contribution is 5.75. The molecule has 0 bridgehead atoms. The minimum Gasteiger partial charge on any atom is -0.466 e. The summed E-state index contributed by atoms with van der Waals surface area (Å²) in [7, 11) is 0. The number of para-hydroxylation sites is 1. The van der Waals surface area contributed by atoms with Gasteiger partial charge in [-0.05, 0) is 31.5 Å². The Kier molecular flexibility index (Phi) is 6.18. The van der Waals surface area contributed by atoms with Crippen molar-refractivity contribution in [3.8, 4) is 0 Å². The molecule has 2 aromatic rings. The van der Waals surface area contributed by atoms with Gasteiger partial charge < -0.3 is 15.2 Å². The van der Waals surface area contributed by atoms with Crippen LogP contribution in [0, 0.1) is 5.92 Å². The normalized spacial score (nSPS) is 14.6. The number of anilines is 1. The van der Waals surface area contributed by atoms with Crippen LogP contribution in [0.3, 0.4) is 0 Å². The molecule has 0 aliphatic rings. The Morgan fingerprint density at radius 2 is 1.65 bits per heavy atom. The van der Waals surface area contributed by atoms with E-state index in [0.717, 1.165) is 11.3 Å². The smallest absolute Gasteiger partial charge is 0.314 e. The van der Waals surface area contributed by atoms with E-state index in [1.165, 1.54) is 0 Å². The summed E-state index contributed by atoms with van der Waals surface area (Å²) in [5.41, 5.74) is 1.81. The molecule has 4 nitrogen and oxygen atoms in total. The quantitative estimate of drug-likeness (QED) is 0.769. The summed E-state index contributed by atoms with van der Waals surface area (Å²) in [4.78, 5) is 12.4. The number of carbonyl (C=O) groups excluding carboxylic acids is 1. The molecule has 122 valence electrons. The second-order valence-corrected chi connectivity index (χ2v) is 5.42. The zero-order chi connectivity index (χ0) is 16.7. The van der Waals surface area contributed by atoms with Crippen molar-refractivity contribution in [2.24, 2.45) is 5.92 Å². The lowest BCUT2D eigenvalue weighted by atomic mass is 9.88. The van der Waals surface area contributed by atoms with Crippen LogP contribution >= 0.6 is 0 Å². The summed E-state index contributed by atoms with van der Waals surface area (Å²) in [6.07, 6.45) is -0.838. The van der Waals surface area contributed by atoms with E-state index in [9.17, 15) is 9.90 Å². The molecule has 0 aliphatic carbocycles. The maximum atomic E-state index is 12.4. The average Bonchev–Trinajstić information content (AvgIpc) is 2.56. The zero-order valence-corrected chi connectivity index (χ0v) is 13.5. The molecular weight excluding hydrogens is 290 g/mol. The molecule has 0 fully saturated rings. The Hall–Kier alpha value is -2.33. The molecule has 23 heavy (non-hydrogen) atoms. The lowest BCUT2D eigenvalue weighted by molar-refractivity contribution is -0.152. The molecule has 2 rings (SSSR count). The molecule has 0 saturated heterocycles. The van der Waals surface area contributed by atoms with Crippen LogP contribution in [-0.2, 0) is 9.53 Å². The number of ether oxygens (including phenoxy) is 1. The monoisotopic (exact) mass is 313 g/mol. The summed E-state index contributed by atoms with van der Waals surface area (Å²) in [6.45, 7) is 3.66. The van der Waals surface area contributed by atoms with Crippen LogP contribution < -0.4 is 5.32 Å². The fourth-order valence-electron chi connectivity index (χ4n) is 2.60. The van der Waals surface area contributed by atoms with Gasteiger partial charge in [0, 0.05) is 5.69 Å². The van der Waals surface area contributed by atoms with Gasteiger partial charge in [-0.1, -0.05) is 48.5 Å². The van der Waals surface area contributed by atoms with E-state index >= 15 is 0 Å². The summed E-state index contributed by atoms with van der Waals surface area (Å²) in [6, 6.07) is 18.9. The number of nitrogens with one attached hydrogen (secondary N) is 1. The number of hydrogen-bond acceptors (Lipinski definition) is 4. The van der Waals surface area contributed by atoms with Gasteiger partial charge in [0.2, 0.25) is 0 Å². The SMILES string of the molecule is CCOC(=O)C(C(C)O)C(Nc1ccccc1)c1ccccc1. The molecule has 2 N–H and O–H groups in total. The number of aliphatic hydroxyl groups is 1. The molecule has 0 spiro atoms. The predicted molar refractivity (Wildman–Crippen MR) is 91.1 cm³/mol. The molecule has 2 aromatic carbocycles. The van der Waals surface area contributed by atoms with Crippen LogP contribution in [-0.4, -0.2) is 23.8 Å². The Balaban J connectivity index is 2.36. The molecule has 0 heterocycles. The summed E-state index contributed by atoms with van der Waals surface area (Å²) in [5, 5.41) is 13.5. The Bertz CT molecular complexity index is 599. The van der Waals surface area contributed by atoms with Gasteiger partial charge in [0.1, 0.15) is 5.92 Å². The standard InChI is InChI=1S/C19H23NO3/c1-3-23-19(22)17(14(2)21)18(15-10-6-4-7-11-15)20-16-12-8-5-9-13-16/h4-14,17-18,20-21H,3H2,1-2H3. The van der Waals surface area contributed by atoms with Gasteiger partial charge in [-0.25, -0.2) is 0 Å². The van der Waals surface area contributed by atoms with E-state index < -0.39 is 18.0 Å². The molecule has 0 radical (unpaired) electrons. The maximum Gasteiger partial charge on any atom is 0.314 e. The lowest BCUT2D eigenvalue weighted by Gasteiger charge is -2.29. The lowest BCUT2D eigenvalue weighted by Crippen LogP contribution is -2.36. The van der Waals surface area contributed by atoms with Crippen molar-refractivity contribution in [3.63, 3.8) is 0 Å².